The first-order valence-corrected chi connectivity index (χ1v) is 14.0. The summed E-state index contributed by atoms with van der Waals surface area (Å²) < 4.78 is 101. The van der Waals surface area contributed by atoms with Crippen LogP contribution in [0.3, 0.4) is 0 Å². The molecule has 1 spiro atoms. The van der Waals surface area contributed by atoms with Crippen LogP contribution in [0.15, 0.2) is 53.4 Å². The molecule has 2 atom stereocenters. The minimum Gasteiger partial charge on any atom is -0.497 e. The summed E-state index contributed by atoms with van der Waals surface area (Å²) in [4.78, 5) is 12.2. The van der Waals surface area contributed by atoms with Crippen molar-refractivity contribution in [3.05, 3.63) is 59.9 Å². The molecule has 2 heterocycles. The number of rotatable bonds is 8. The van der Waals surface area contributed by atoms with E-state index in [1.54, 1.807) is 24.3 Å². The lowest BCUT2D eigenvalue weighted by Gasteiger charge is -2.50. The van der Waals surface area contributed by atoms with Gasteiger partial charge in [-0.05, 0) is 54.8 Å². The summed E-state index contributed by atoms with van der Waals surface area (Å²) in [7, 11) is -2.84. The average Bonchev–Trinajstić information content (AvgIpc) is 2.91. The van der Waals surface area contributed by atoms with Crippen molar-refractivity contribution in [2.45, 2.75) is 42.2 Å². The van der Waals surface area contributed by atoms with E-state index in [0.717, 1.165) is 33.5 Å². The zero-order chi connectivity index (χ0) is 29.1. The highest BCUT2D eigenvalue weighted by atomic mass is 32.2. The molecule has 2 aromatic carbocycles. The summed E-state index contributed by atoms with van der Waals surface area (Å²) in [6, 6.07) is 10.6. The number of benzene rings is 2. The summed E-state index contributed by atoms with van der Waals surface area (Å²) in [6.45, 7) is -1.86. The van der Waals surface area contributed by atoms with Gasteiger partial charge >= 0.3 is 12.3 Å². The lowest BCUT2D eigenvalue weighted by atomic mass is 9.88. The van der Waals surface area contributed by atoms with Crippen LogP contribution in [0.5, 0.6) is 5.75 Å². The lowest BCUT2D eigenvalue weighted by molar-refractivity contribution is -0.257. The molecule has 220 valence electrons. The molecule has 40 heavy (non-hydrogen) atoms. The van der Waals surface area contributed by atoms with Gasteiger partial charge in [0.05, 0.1) is 36.9 Å². The quantitative estimate of drug-likeness (QED) is 0.461. The second-order valence-electron chi connectivity index (χ2n) is 9.87. The van der Waals surface area contributed by atoms with E-state index in [0.29, 0.717) is 11.3 Å². The van der Waals surface area contributed by atoms with Crippen LogP contribution in [-0.2, 0) is 26.1 Å². The Bertz CT molecular complexity index is 1270. The van der Waals surface area contributed by atoms with Gasteiger partial charge in [0.2, 0.25) is 10.0 Å². The summed E-state index contributed by atoms with van der Waals surface area (Å²) in [5.41, 5.74) is -0.731. The second-order valence-corrected chi connectivity index (χ2v) is 11.8. The third-order valence-electron chi connectivity index (χ3n) is 7.24. The number of likely N-dealkylation sites (tertiary alicyclic amines) is 1. The van der Waals surface area contributed by atoms with E-state index in [1.807, 2.05) is 0 Å². The van der Waals surface area contributed by atoms with Crippen molar-refractivity contribution in [1.29, 1.82) is 0 Å². The van der Waals surface area contributed by atoms with Crippen molar-refractivity contribution < 1.29 is 50.1 Å². The average molecular weight is 591 g/mol. The van der Waals surface area contributed by atoms with Gasteiger partial charge in [0.25, 0.3) is 0 Å². The fourth-order valence-electron chi connectivity index (χ4n) is 4.95. The smallest absolute Gasteiger partial charge is 0.407 e. The van der Waals surface area contributed by atoms with Gasteiger partial charge < -0.3 is 24.2 Å². The molecule has 0 bridgehead atoms. The van der Waals surface area contributed by atoms with E-state index < -0.39 is 58.9 Å². The highest BCUT2D eigenvalue weighted by Gasteiger charge is 2.54. The summed E-state index contributed by atoms with van der Waals surface area (Å²) in [6.07, 6.45) is -7.60. The van der Waals surface area contributed by atoms with Crippen LogP contribution >= 0.6 is 0 Å². The Morgan fingerprint density at radius 2 is 1.75 bits per heavy atom. The van der Waals surface area contributed by atoms with Crippen molar-refractivity contribution in [1.82, 2.24) is 9.21 Å². The Morgan fingerprint density at radius 3 is 2.30 bits per heavy atom. The van der Waals surface area contributed by atoms with Crippen LogP contribution in [0.2, 0.25) is 0 Å². The van der Waals surface area contributed by atoms with E-state index in [9.17, 15) is 35.9 Å². The van der Waals surface area contributed by atoms with Crippen molar-refractivity contribution >= 4 is 16.1 Å². The molecule has 1 unspecified atom stereocenters. The third kappa shape index (κ3) is 6.85. The molecule has 9 nitrogen and oxygen atoms in total. The van der Waals surface area contributed by atoms with Crippen LogP contribution < -0.4 is 4.74 Å². The van der Waals surface area contributed by atoms with Gasteiger partial charge in [0, 0.05) is 26.2 Å². The molecule has 0 aliphatic carbocycles. The van der Waals surface area contributed by atoms with E-state index in [1.165, 1.54) is 7.11 Å². The first-order chi connectivity index (χ1) is 18.8. The van der Waals surface area contributed by atoms with Gasteiger partial charge in [-0.3, -0.25) is 0 Å². The molecule has 1 amide bonds. The van der Waals surface area contributed by atoms with Gasteiger partial charge in [0.15, 0.2) is 0 Å². The van der Waals surface area contributed by atoms with Crippen LogP contribution in [0.4, 0.5) is 22.4 Å². The lowest BCUT2D eigenvalue weighted by Crippen LogP contribution is -2.63. The first kappa shape index (κ1) is 30.0. The number of hydrogen-bond donors (Lipinski definition) is 1. The first-order valence-electron chi connectivity index (χ1n) is 12.5. The molecule has 2 aliphatic rings. The Balaban J connectivity index is 1.59. The minimum absolute atomic E-state index is 0.00250. The van der Waals surface area contributed by atoms with E-state index in [2.05, 4.69) is 0 Å². The number of amides is 1. The van der Waals surface area contributed by atoms with E-state index in [-0.39, 0.29) is 44.0 Å². The predicted molar refractivity (Wildman–Crippen MR) is 134 cm³/mol. The monoisotopic (exact) mass is 590 g/mol. The number of piperidine rings is 1. The van der Waals surface area contributed by atoms with Crippen molar-refractivity contribution in [2.75, 3.05) is 39.9 Å². The Kier molecular flexibility index (Phi) is 8.93. The maximum Gasteiger partial charge on any atom is 0.407 e. The number of hydrogen-bond acceptors (Lipinski definition) is 6. The maximum absolute atomic E-state index is 14.4. The van der Waals surface area contributed by atoms with Gasteiger partial charge in [-0.2, -0.15) is 17.5 Å². The van der Waals surface area contributed by atoms with Gasteiger partial charge in [-0.25, -0.2) is 17.6 Å². The molecule has 0 aromatic heterocycles. The van der Waals surface area contributed by atoms with Gasteiger partial charge in [0.1, 0.15) is 17.5 Å². The molecule has 0 saturated carbocycles. The zero-order valence-electron chi connectivity index (χ0n) is 21.6. The fourth-order valence-corrected chi connectivity index (χ4v) is 6.48. The number of methoxy groups -OCH3 is 1. The number of alkyl halides is 3. The van der Waals surface area contributed by atoms with Crippen molar-refractivity contribution in [3.63, 3.8) is 0 Å². The molecule has 1 N–H and O–H groups in total. The molecule has 14 heteroatoms. The number of carbonyl (C=O) groups is 1. The Hall–Kier alpha value is -2.94. The topological polar surface area (TPSA) is 106 Å². The van der Waals surface area contributed by atoms with Crippen LogP contribution in [-0.4, -0.2) is 86.6 Å². The molecule has 2 aliphatic heterocycles. The Morgan fingerprint density at radius 1 is 1.12 bits per heavy atom. The number of sulfonamides is 1. The van der Waals surface area contributed by atoms with Crippen molar-refractivity contribution in [3.8, 4) is 5.75 Å². The number of carboxylic acid groups (broad SMARTS) is 1. The molecule has 0 radical (unpaired) electrons. The van der Waals surface area contributed by atoms with Gasteiger partial charge in [-0.1, -0.05) is 12.1 Å². The van der Waals surface area contributed by atoms with Crippen LogP contribution in [0.1, 0.15) is 18.4 Å². The second kappa shape index (κ2) is 11.9. The third-order valence-corrected chi connectivity index (χ3v) is 9.07. The highest BCUT2D eigenvalue weighted by molar-refractivity contribution is 7.89. The number of ether oxygens (including phenoxy) is 3. The fraction of sp³-hybridized carbons (Fsp3) is 0.500. The van der Waals surface area contributed by atoms with Crippen molar-refractivity contribution in [2.24, 2.45) is 5.92 Å². The standard InChI is InChI=1S/C26H30F4N2O7S/c1-37-20-6-2-18(3-7-20)15-38-16-22(26(28,29)30)23-14-32(40(35,36)21-8-4-19(27)5-9-21)17-25(39-23)10-12-31(13-11-25)24(33)34/h2-9,22-23H,10-17H2,1H3,(H,33,34)/t22?,23-/m0/s1. The summed E-state index contributed by atoms with van der Waals surface area (Å²) in [5, 5.41) is 9.32. The number of halogens is 4. The van der Waals surface area contributed by atoms with Crippen LogP contribution in [0.25, 0.3) is 0 Å². The number of nitrogens with zero attached hydrogens (tertiary/aromatic N) is 2. The van der Waals surface area contributed by atoms with Crippen LogP contribution in [0, 0.1) is 11.7 Å². The maximum atomic E-state index is 14.4. The molecular weight excluding hydrogens is 560 g/mol. The summed E-state index contributed by atoms with van der Waals surface area (Å²) >= 11 is 0. The predicted octanol–water partition coefficient (Wildman–Crippen LogP) is 4.13. The van der Waals surface area contributed by atoms with Gasteiger partial charge in [-0.15, -0.1) is 0 Å². The number of morpholine rings is 1. The molecule has 2 fully saturated rings. The Labute approximate surface area is 229 Å². The van der Waals surface area contributed by atoms with E-state index in [4.69, 9.17) is 14.2 Å². The van der Waals surface area contributed by atoms with E-state index >= 15 is 0 Å². The molecule has 2 saturated heterocycles. The molecule has 2 aromatic rings. The zero-order valence-corrected chi connectivity index (χ0v) is 22.5. The summed E-state index contributed by atoms with van der Waals surface area (Å²) in [5.74, 6) is -2.26. The molecular formula is C26H30F4N2O7S. The highest BCUT2D eigenvalue weighted by Crippen LogP contribution is 2.40. The molecule has 4 rings (SSSR count). The SMILES string of the molecule is COc1ccc(COCC([C@@H]2CN(S(=O)(=O)c3ccc(F)cc3)CC3(CCN(C(=O)O)CC3)O2)C(F)(F)F)cc1. The minimum atomic E-state index is -4.80. The normalized spacial score (nSPS) is 20.8. The largest absolute Gasteiger partial charge is 0.497 e.